The molecule has 0 aliphatic rings. The molecular formula is C2H5N3O4S2. The molecule has 0 rings (SSSR count). The summed E-state index contributed by atoms with van der Waals surface area (Å²) < 4.78 is 21.0. The van der Waals surface area contributed by atoms with Gasteiger partial charge in [0.1, 0.15) is 0 Å². The third kappa shape index (κ3) is 50.2. The second-order valence-electron chi connectivity index (χ2n) is 0.985. The number of hydrogen-bond donors (Lipinski definition) is 3. The highest BCUT2D eigenvalue weighted by molar-refractivity contribution is 7.96. The Morgan fingerprint density at radius 2 is 1.55 bits per heavy atom. The van der Waals surface area contributed by atoms with Crippen LogP contribution in [0.2, 0.25) is 0 Å². The van der Waals surface area contributed by atoms with Gasteiger partial charge in [-0.3, -0.25) is 4.79 Å². The molecule has 0 aliphatic heterocycles. The van der Waals surface area contributed by atoms with Crippen LogP contribution in [-0.4, -0.2) is 19.7 Å². The van der Waals surface area contributed by atoms with E-state index in [2.05, 4.69) is 28.5 Å². The van der Waals surface area contributed by atoms with Crippen molar-refractivity contribution in [2.45, 2.75) is 0 Å². The monoisotopic (exact) mass is 199 g/mol. The Hall–Kier alpha value is -1.09. The molecule has 0 heterocycles. The standard InChI is InChI=1S/CH2N2O3S.CH3NOS/c2-1(4)3-7(5)6;2-1(3)4/h(H2,2,4);(H3,2,3,4). The van der Waals surface area contributed by atoms with E-state index >= 15 is 0 Å². The van der Waals surface area contributed by atoms with E-state index in [1.807, 2.05) is 0 Å². The SMILES string of the molecule is NC(=O)N=S(=O)=O.NC(=O)S. The van der Waals surface area contributed by atoms with Crippen LogP contribution in [0.25, 0.3) is 0 Å². The Labute approximate surface area is 68.9 Å². The fourth-order valence-corrected chi connectivity index (χ4v) is 0.220. The van der Waals surface area contributed by atoms with Gasteiger partial charge in [-0.1, -0.05) is 17.0 Å². The van der Waals surface area contributed by atoms with Crippen molar-refractivity contribution < 1.29 is 18.0 Å². The van der Waals surface area contributed by atoms with Gasteiger partial charge in [0.15, 0.2) is 0 Å². The first-order valence-corrected chi connectivity index (χ1v) is 3.43. The van der Waals surface area contributed by atoms with Crippen LogP contribution in [0.15, 0.2) is 4.36 Å². The topological polar surface area (TPSA) is 133 Å². The molecule has 3 amide bonds. The number of hydrogen-bond acceptors (Lipinski definition) is 4. The summed E-state index contributed by atoms with van der Waals surface area (Å²) in [6.07, 6.45) is 0. The molecule has 4 N–H and O–H groups in total. The van der Waals surface area contributed by atoms with Gasteiger partial charge in [0.2, 0.25) is 0 Å². The highest BCUT2D eigenvalue weighted by Gasteiger charge is 1.80. The first-order valence-electron chi connectivity index (χ1n) is 1.95. The highest BCUT2D eigenvalue weighted by atomic mass is 32.2. The van der Waals surface area contributed by atoms with E-state index < -0.39 is 21.8 Å². The molecule has 0 spiro atoms. The number of primary amides is 2. The van der Waals surface area contributed by atoms with Crippen molar-refractivity contribution in [2.75, 3.05) is 0 Å². The van der Waals surface area contributed by atoms with Crippen molar-refractivity contribution in [3.05, 3.63) is 0 Å². The van der Waals surface area contributed by atoms with Crippen LogP contribution in [0.5, 0.6) is 0 Å². The Balaban J connectivity index is 0. The summed E-state index contributed by atoms with van der Waals surface area (Å²) in [5.74, 6) is 0. The summed E-state index contributed by atoms with van der Waals surface area (Å²) >= 11 is 3.10. The molecule has 0 fully saturated rings. The zero-order valence-corrected chi connectivity index (χ0v) is 6.80. The normalized spacial score (nSPS) is 7.00. The van der Waals surface area contributed by atoms with Gasteiger partial charge in [0.25, 0.3) is 5.24 Å². The van der Waals surface area contributed by atoms with Crippen LogP contribution in [0.4, 0.5) is 9.59 Å². The Bertz CT molecular complexity index is 255. The number of urea groups is 1. The lowest BCUT2D eigenvalue weighted by atomic mass is 11.2. The zero-order chi connectivity index (χ0) is 9.44. The first-order chi connectivity index (χ1) is 4.86. The fourth-order valence-electron chi connectivity index (χ4n) is 0.0735. The van der Waals surface area contributed by atoms with Crippen LogP contribution in [0.1, 0.15) is 0 Å². The summed E-state index contributed by atoms with van der Waals surface area (Å²) in [4.78, 5) is 18.6. The maximum absolute atomic E-state index is 9.47. The smallest absolute Gasteiger partial charge is 0.353 e. The maximum atomic E-state index is 9.47. The Morgan fingerprint density at radius 1 is 1.27 bits per heavy atom. The molecule has 0 radical (unpaired) electrons. The summed E-state index contributed by atoms with van der Waals surface area (Å²) in [6.45, 7) is 0. The molecule has 9 heteroatoms. The largest absolute Gasteiger partial charge is 0.361 e. The van der Waals surface area contributed by atoms with E-state index in [4.69, 9.17) is 4.79 Å². The van der Waals surface area contributed by atoms with Crippen molar-refractivity contribution in [2.24, 2.45) is 15.8 Å². The molecule has 0 aromatic rings. The Kier molecular flexibility index (Phi) is 8.03. The lowest BCUT2D eigenvalue weighted by molar-refractivity contribution is 0.257. The second-order valence-corrected chi connectivity index (χ2v) is 2.04. The van der Waals surface area contributed by atoms with Crippen LogP contribution in [0.3, 0.4) is 0 Å². The van der Waals surface area contributed by atoms with E-state index in [9.17, 15) is 13.2 Å². The number of nitrogens with two attached hydrogens (primary N) is 2. The van der Waals surface area contributed by atoms with Crippen molar-refractivity contribution in [3.63, 3.8) is 0 Å². The van der Waals surface area contributed by atoms with Gasteiger partial charge >= 0.3 is 16.5 Å². The van der Waals surface area contributed by atoms with Crippen LogP contribution in [-0.2, 0) is 10.5 Å². The molecular weight excluding hydrogens is 194 g/mol. The van der Waals surface area contributed by atoms with Gasteiger partial charge in [-0.25, -0.2) is 4.79 Å². The minimum atomic E-state index is -2.70. The third-order valence-corrected chi connectivity index (χ3v) is 0.494. The van der Waals surface area contributed by atoms with Crippen molar-refractivity contribution in [1.82, 2.24) is 0 Å². The van der Waals surface area contributed by atoms with Gasteiger partial charge in [-0.2, -0.15) is 8.42 Å². The average molecular weight is 199 g/mol. The summed E-state index contributed by atoms with van der Waals surface area (Å²) in [5, 5.41) is -0.639. The number of carbonyl (C=O) groups is 2. The van der Waals surface area contributed by atoms with Crippen LogP contribution in [0, 0.1) is 0 Å². The third-order valence-electron chi connectivity index (χ3n) is 0.165. The lowest BCUT2D eigenvalue weighted by Gasteiger charge is -1.64. The van der Waals surface area contributed by atoms with E-state index in [-0.39, 0.29) is 0 Å². The molecule has 0 atom stereocenters. The van der Waals surface area contributed by atoms with Crippen molar-refractivity contribution >= 4 is 34.4 Å². The van der Waals surface area contributed by atoms with Gasteiger partial charge in [0, 0.05) is 0 Å². The maximum Gasteiger partial charge on any atom is 0.353 e. The number of rotatable bonds is 0. The van der Waals surface area contributed by atoms with Crippen molar-refractivity contribution in [3.8, 4) is 0 Å². The lowest BCUT2D eigenvalue weighted by Crippen LogP contribution is -2.02. The Morgan fingerprint density at radius 3 is 1.55 bits per heavy atom. The van der Waals surface area contributed by atoms with E-state index in [0.29, 0.717) is 0 Å². The molecule has 0 bridgehead atoms. The van der Waals surface area contributed by atoms with Gasteiger partial charge in [0.05, 0.1) is 0 Å². The van der Waals surface area contributed by atoms with E-state index in [1.165, 1.54) is 0 Å². The molecule has 7 nitrogen and oxygen atoms in total. The summed E-state index contributed by atoms with van der Waals surface area (Å²) in [7, 11) is -2.70. The quantitative estimate of drug-likeness (QED) is 0.437. The predicted molar refractivity (Wildman–Crippen MR) is 39.5 cm³/mol. The van der Waals surface area contributed by atoms with Crippen molar-refractivity contribution in [1.29, 1.82) is 0 Å². The number of carbonyl (C=O) groups excluding carboxylic acids is 2. The van der Waals surface area contributed by atoms with E-state index in [0.717, 1.165) is 0 Å². The molecule has 11 heavy (non-hydrogen) atoms. The van der Waals surface area contributed by atoms with Gasteiger partial charge in [-0.15, -0.1) is 0 Å². The highest BCUT2D eigenvalue weighted by Crippen LogP contribution is 1.61. The molecule has 0 saturated heterocycles. The predicted octanol–water partition coefficient (Wildman–Crippen LogP) is -0.877. The molecule has 0 aromatic heterocycles. The first kappa shape index (κ1) is 12.6. The molecule has 0 aliphatic carbocycles. The minimum absolute atomic E-state index is 0.639. The molecule has 64 valence electrons. The van der Waals surface area contributed by atoms with Gasteiger partial charge < -0.3 is 11.5 Å². The second kappa shape index (κ2) is 7.02. The number of amides is 3. The van der Waals surface area contributed by atoms with E-state index in [1.54, 1.807) is 0 Å². The minimum Gasteiger partial charge on any atom is -0.361 e. The van der Waals surface area contributed by atoms with Crippen LogP contribution < -0.4 is 11.5 Å². The van der Waals surface area contributed by atoms with Gasteiger partial charge in [-0.05, 0) is 0 Å². The summed E-state index contributed by atoms with van der Waals surface area (Å²) in [6, 6.07) is -1.20. The fraction of sp³-hybridized carbons (Fsp3) is 0. The zero-order valence-electron chi connectivity index (χ0n) is 5.09. The summed E-state index contributed by atoms with van der Waals surface area (Å²) in [5.41, 5.74) is 8.63. The number of nitrogens with zero attached hydrogens (tertiary/aromatic N) is 1. The number of thiol groups is 1. The molecule has 0 saturated carbocycles. The molecule has 0 unspecified atom stereocenters. The molecule has 0 aromatic carbocycles. The van der Waals surface area contributed by atoms with Crippen LogP contribution >= 0.6 is 12.6 Å². The average Bonchev–Trinajstić information content (AvgIpc) is 1.56.